The van der Waals surface area contributed by atoms with Crippen molar-refractivity contribution in [2.24, 2.45) is 0 Å². The van der Waals surface area contributed by atoms with Gasteiger partial charge in [0.1, 0.15) is 0 Å². The molecule has 1 N–H and O–H groups in total. The van der Waals surface area contributed by atoms with Gasteiger partial charge in [0, 0.05) is 18.3 Å². The molecule has 2 amide bonds. The highest BCUT2D eigenvalue weighted by atomic mass is 32.2. The number of benzene rings is 2. The molecule has 162 valence electrons. The number of rotatable bonds is 7. The first-order chi connectivity index (χ1) is 14.7. The Balaban J connectivity index is 1.48. The summed E-state index contributed by atoms with van der Waals surface area (Å²) in [6, 6.07) is 16.9. The summed E-state index contributed by atoms with van der Waals surface area (Å²) in [5.74, 6) is 0.154. The van der Waals surface area contributed by atoms with Crippen LogP contribution in [0.25, 0.3) is 0 Å². The number of anilines is 1. The molecule has 7 nitrogen and oxygen atoms in total. The van der Waals surface area contributed by atoms with Crippen molar-refractivity contribution in [1.29, 1.82) is 0 Å². The Kier molecular flexibility index (Phi) is 7.12. The van der Waals surface area contributed by atoms with Crippen molar-refractivity contribution in [2.45, 2.75) is 38.0 Å². The Labute approximate surface area is 186 Å². The second-order valence-corrected chi connectivity index (χ2v) is 8.98. The van der Waals surface area contributed by atoms with Crippen LogP contribution in [-0.2, 0) is 16.8 Å². The van der Waals surface area contributed by atoms with Gasteiger partial charge < -0.3 is 14.6 Å². The fraction of sp³-hybridized carbons (Fsp3) is 0.304. The lowest BCUT2D eigenvalue weighted by Gasteiger charge is -2.18. The fourth-order valence-electron chi connectivity index (χ4n) is 2.76. The molecule has 2 aromatic carbocycles. The van der Waals surface area contributed by atoms with E-state index in [0.29, 0.717) is 5.56 Å². The van der Waals surface area contributed by atoms with Crippen molar-refractivity contribution < 1.29 is 14.0 Å². The third kappa shape index (κ3) is 6.18. The zero-order valence-corrected chi connectivity index (χ0v) is 18.9. The Morgan fingerprint density at radius 2 is 1.71 bits per heavy atom. The predicted octanol–water partition coefficient (Wildman–Crippen LogP) is 4.05. The number of carbonyl (C=O) groups is 2. The monoisotopic (exact) mass is 438 g/mol. The molecule has 0 radical (unpaired) electrons. The number of hydrogen-bond acceptors (Lipinski definition) is 6. The molecule has 8 heteroatoms. The van der Waals surface area contributed by atoms with Gasteiger partial charge in [0.2, 0.25) is 11.8 Å². The Morgan fingerprint density at radius 3 is 2.35 bits per heavy atom. The molecule has 3 aromatic rings. The first-order valence-electron chi connectivity index (χ1n) is 9.89. The van der Waals surface area contributed by atoms with Crippen molar-refractivity contribution >= 4 is 29.3 Å². The minimum Gasteiger partial charge on any atom is -0.414 e. The van der Waals surface area contributed by atoms with Crippen LogP contribution in [0.4, 0.5) is 5.69 Å². The number of nitrogens with one attached hydrogen (secondary N) is 1. The summed E-state index contributed by atoms with van der Waals surface area (Å²) in [5, 5.41) is 10.9. The molecule has 0 bridgehead atoms. The molecule has 1 heterocycles. The van der Waals surface area contributed by atoms with Crippen molar-refractivity contribution in [2.75, 3.05) is 17.7 Å². The summed E-state index contributed by atoms with van der Waals surface area (Å²) < 4.78 is 5.52. The number of aromatic nitrogens is 2. The number of para-hydroxylation sites is 1. The van der Waals surface area contributed by atoms with Gasteiger partial charge in [0.15, 0.2) is 0 Å². The first-order valence-corrected chi connectivity index (χ1v) is 10.9. The standard InChI is InChI=1S/C23H26N4O3S/c1-23(2,3)17-12-10-16(11-13-17)21(29)24-14-19-25-26-22(30-19)31-15-20(28)27(4)18-8-6-5-7-9-18/h5-13H,14-15H2,1-4H3,(H,24,29). The maximum Gasteiger partial charge on any atom is 0.277 e. The van der Waals surface area contributed by atoms with Crippen LogP contribution in [0.3, 0.4) is 0 Å². The number of nitrogens with zero attached hydrogens (tertiary/aromatic N) is 3. The lowest BCUT2D eigenvalue weighted by atomic mass is 9.87. The Hall–Kier alpha value is -3.13. The molecule has 0 spiro atoms. The first kappa shape index (κ1) is 22.6. The second-order valence-electron chi connectivity index (χ2n) is 8.05. The summed E-state index contributed by atoms with van der Waals surface area (Å²) in [4.78, 5) is 26.3. The normalized spacial score (nSPS) is 11.2. The van der Waals surface area contributed by atoms with Crippen LogP contribution in [0.2, 0.25) is 0 Å². The third-order valence-corrected chi connectivity index (χ3v) is 5.50. The van der Waals surface area contributed by atoms with Gasteiger partial charge in [-0.2, -0.15) is 0 Å². The van der Waals surface area contributed by atoms with E-state index in [2.05, 4.69) is 36.3 Å². The van der Waals surface area contributed by atoms with Crippen molar-refractivity contribution in [3.05, 3.63) is 71.6 Å². The van der Waals surface area contributed by atoms with Gasteiger partial charge in [-0.3, -0.25) is 9.59 Å². The Morgan fingerprint density at radius 1 is 1.03 bits per heavy atom. The smallest absolute Gasteiger partial charge is 0.277 e. The SMILES string of the molecule is CN(C(=O)CSc1nnc(CNC(=O)c2ccc(C(C)(C)C)cc2)o1)c1ccccc1. The maximum absolute atomic E-state index is 12.4. The van der Waals surface area contributed by atoms with Crippen LogP contribution in [0.15, 0.2) is 64.2 Å². The lowest BCUT2D eigenvalue weighted by Crippen LogP contribution is -2.27. The van der Waals surface area contributed by atoms with Gasteiger partial charge in [-0.1, -0.05) is 62.9 Å². The van der Waals surface area contributed by atoms with Crippen LogP contribution in [0.1, 0.15) is 42.6 Å². The van der Waals surface area contributed by atoms with E-state index >= 15 is 0 Å². The van der Waals surface area contributed by atoms with Crippen molar-refractivity contribution in [1.82, 2.24) is 15.5 Å². The number of amides is 2. The van der Waals surface area contributed by atoms with Gasteiger partial charge in [0.05, 0.1) is 12.3 Å². The lowest BCUT2D eigenvalue weighted by molar-refractivity contribution is -0.115. The summed E-state index contributed by atoms with van der Waals surface area (Å²) in [6.45, 7) is 6.49. The van der Waals surface area contributed by atoms with Crippen LogP contribution in [0, 0.1) is 0 Å². The van der Waals surface area contributed by atoms with Crippen LogP contribution >= 0.6 is 11.8 Å². The zero-order valence-electron chi connectivity index (χ0n) is 18.1. The second kappa shape index (κ2) is 9.78. The molecule has 0 fully saturated rings. The molecule has 1 aromatic heterocycles. The van der Waals surface area contributed by atoms with E-state index in [9.17, 15) is 9.59 Å². The van der Waals surface area contributed by atoms with Gasteiger partial charge >= 0.3 is 0 Å². The van der Waals surface area contributed by atoms with E-state index in [0.717, 1.165) is 23.0 Å². The van der Waals surface area contributed by atoms with Gasteiger partial charge in [-0.05, 0) is 35.2 Å². The minimum absolute atomic E-state index is 0.0319. The van der Waals surface area contributed by atoms with Gasteiger partial charge in [-0.15, -0.1) is 10.2 Å². The van der Waals surface area contributed by atoms with E-state index in [4.69, 9.17) is 4.42 Å². The summed E-state index contributed by atoms with van der Waals surface area (Å²) in [6.07, 6.45) is 0. The third-order valence-electron chi connectivity index (χ3n) is 4.70. The molecule has 0 saturated heterocycles. The predicted molar refractivity (Wildman–Crippen MR) is 121 cm³/mol. The van der Waals surface area contributed by atoms with Gasteiger partial charge in [0.25, 0.3) is 11.1 Å². The molecule has 31 heavy (non-hydrogen) atoms. The van der Waals surface area contributed by atoms with Gasteiger partial charge in [-0.25, -0.2) is 0 Å². The molecule has 0 unspecified atom stereocenters. The molecule has 0 aliphatic carbocycles. The maximum atomic E-state index is 12.4. The topological polar surface area (TPSA) is 88.3 Å². The molecule has 0 aliphatic heterocycles. The molecule has 0 saturated carbocycles. The number of hydrogen-bond donors (Lipinski definition) is 1. The molecule has 3 rings (SSSR count). The van der Waals surface area contributed by atoms with Crippen molar-refractivity contribution in [3.63, 3.8) is 0 Å². The molecule has 0 atom stereocenters. The van der Waals surface area contributed by atoms with Crippen molar-refractivity contribution in [3.8, 4) is 0 Å². The number of carbonyl (C=O) groups excluding carboxylic acids is 2. The summed E-state index contributed by atoms with van der Waals surface area (Å²) in [7, 11) is 1.72. The minimum atomic E-state index is -0.215. The summed E-state index contributed by atoms with van der Waals surface area (Å²) >= 11 is 1.16. The van der Waals surface area contributed by atoms with Crippen LogP contribution in [-0.4, -0.2) is 34.8 Å². The van der Waals surface area contributed by atoms with Crippen LogP contribution < -0.4 is 10.2 Å². The average molecular weight is 439 g/mol. The van der Waals surface area contributed by atoms with E-state index in [1.165, 1.54) is 0 Å². The molecular weight excluding hydrogens is 412 g/mol. The highest BCUT2D eigenvalue weighted by molar-refractivity contribution is 7.99. The zero-order chi connectivity index (χ0) is 22.4. The highest BCUT2D eigenvalue weighted by Gasteiger charge is 2.16. The fourth-order valence-corrected chi connectivity index (χ4v) is 3.46. The number of thioether (sulfide) groups is 1. The molecule has 0 aliphatic rings. The summed E-state index contributed by atoms with van der Waals surface area (Å²) in [5.41, 5.74) is 2.58. The molecular formula is C23H26N4O3S. The van der Waals surface area contributed by atoms with E-state index < -0.39 is 0 Å². The van der Waals surface area contributed by atoms with E-state index in [1.807, 2.05) is 42.5 Å². The van der Waals surface area contributed by atoms with Crippen LogP contribution in [0.5, 0.6) is 0 Å². The quantitative estimate of drug-likeness (QED) is 0.560. The highest BCUT2D eigenvalue weighted by Crippen LogP contribution is 2.22. The van der Waals surface area contributed by atoms with E-state index in [-0.39, 0.29) is 40.6 Å². The van der Waals surface area contributed by atoms with E-state index in [1.54, 1.807) is 24.1 Å². The average Bonchev–Trinajstić information content (AvgIpc) is 3.23. The largest absolute Gasteiger partial charge is 0.414 e. The Bertz CT molecular complexity index is 1030.